The smallest absolute Gasteiger partial charge is 0.273 e. The maximum Gasteiger partial charge on any atom is 0.273 e. The molecule has 0 aromatic carbocycles. The van der Waals surface area contributed by atoms with Gasteiger partial charge in [0.05, 0.1) is 0 Å². The van der Waals surface area contributed by atoms with Crippen LogP contribution in [0.3, 0.4) is 0 Å². The lowest BCUT2D eigenvalue weighted by Gasteiger charge is -2.06. The SMILES string of the molecule is CN(C)C(=O)c1cn(-c2ccc(Cl)nn2)cn1. The van der Waals surface area contributed by atoms with Crippen LogP contribution in [0.2, 0.25) is 5.15 Å². The van der Waals surface area contributed by atoms with Crippen molar-refractivity contribution in [2.24, 2.45) is 0 Å². The lowest BCUT2D eigenvalue weighted by atomic mass is 10.4. The minimum atomic E-state index is -0.161. The van der Waals surface area contributed by atoms with Crippen molar-refractivity contribution in [2.75, 3.05) is 14.1 Å². The quantitative estimate of drug-likeness (QED) is 0.799. The van der Waals surface area contributed by atoms with Crippen LogP contribution >= 0.6 is 11.6 Å². The van der Waals surface area contributed by atoms with Crippen LogP contribution in [0.1, 0.15) is 10.5 Å². The number of amides is 1. The molecule has 0 fully saturated rings. The van der Waals surface area contributed by atoms with E-state index in [0.717, 1.165) is 0 Å². The molecule has 1 amide bonds. The summed E-state index contributed by atoms with van der Waals surface area (Å²) >= 11 is 5.64. The van der Waals surface area contributed by atoms with Crippen LogP contribution in [0.4, 0.5) is 0 Å². The van der Waals surface area contributed by atoms with Gasteiger partial charge in [-0.05, 0) is 12.1 Å². The van der Waals surface area contributed by atoms with Crippen LogP contribution in [0.25, 0.3) is 5.82 Å². The molecule has 2 rings (SSSR count). The molecule has 0 spiro atoms. The number of hydrogen-bond donors (Lipinski definition) is 0. The van der Waals surface area contributed by atoms with Crippen LogP contribution in [0.15, 0.2) is 24.7 Å². The average molecular weight is 252 g/mol. The van der Waals surface area contributed by atoms with E-state index in [2.05, 4.69) is 15.2 Å². The second kappa shape index (κ2) is 4.50. The second-order valence-electron chi connectivity index (χ2n) is 3.58. The third-order valence-electron chi connectivity index (χ3n) is 2.09. The van der Waals surface area contributed by atoms with E-state index in [1.165, 1.54) is 11.2 Å². The normalized spacial score (nSPS) is 10.3. The van der Waals surface area contributed by atoms with Crippen LogP contribution in [-0.2, 0) is 0 Å². The Hall–Kier alpha value is -1.95. The molecule has 0 aliphatic rings. The highest BCUT2D eigenvalue weighted by atomic mass is 35.5. The highest BCUT2D eigenvalue weighted by molar-refractivity contribution is 6.29. The fourth-order valence-corrected chi connectivity index (χ4v) is 1.34. The Kier molecular flexibility index (Phi) is 3.06. The number of carbonyl (C=O) groups excluding carboxylic acids is 1. The molecule has 0 atom stereocenters. The monoisotopic (exact) mass is 251 g/mol. The summed E-state index contributed by atoms with van der Waals surface area (Å²) in [6, 6.07) is 3.32. The van der Waals surface area contributed by atoms with Crippen molar-refractivity contribution in [1.82, 2.24) is 24.6 Å². The summed E-state index contributed by atoms with van der Waals surface area (Å²) in [5.74, 6) is 0.394. The van der Waals surface area contributed by atoms with Gasteiger partial charge in [0.15, 0.2) is 11.0 Å². The minimum absolute atomic E-state index is 0.161. The zero-order valence-electron chi connectivity index (χ0n) is 9.33. The van der Waals surface area contributed by atoms with Crippen molar-refractivity contribution >= 4 is 17.5 Å². The van der Waals surface area contributed by atoms with E-state index >= 15 is 0 Å². The first-order valence-corrected chi connectivity index (χ1v) is 5.21. The molecule has 2 aromatic rings. The molecular weight excluding hydrogens is 242 g/mol. The zero-order valence-corrected chi connectivity index (χ0v) is 10.1. The molecule has 0 aliphatic heterocycles. The van der Waals surface area contributed by atoms with E-state index in [4.69, 9.17) is 11.6 Å². The summed E-state index contributed by atoms with van der Waals surface area (Å²) < 4.78 is 1.61. The molecule has 88 valence electrons. The number of aromatic nitrogens is 4. The van der Waals surface area contributed by atoms with Gasteiger partial charge in [0.25, 0.3) is 5.91 Å². The van der Waals surface area contributed by atoms with Crippen molar-refractivity contribution < 1.29 is 4.79 Å². The molecule has 0 bridgehead atoms. The van der Waals surface area contributed by atoms with Gasteiger partial charge in [-0.15, -0.1) is 10.2 Å². The molecule has 7 heteroatoms. The average Bonchev–Trinajstić information content (AvgIpc) is 2.78. The number of carbonyl (C=O) groups is 1. The summed E-state index contributed by atoms with van der Waals surface area (Å²) in [4.78, 5) is 17.1. The van der Waals surface area contributed by atoms with Crippen molar-refractivity contribution in [2.45, 2.75) is 0 Å². The molecule has 0 N–H and O–H groups in total. The van der Waals surface area contributed by atoms with Crippen molar-refractivity contribution in [3.8, 4) is 5.82 Å². The maximum atomic E-state index is 11.6. The van der Waals surface area contributed by atoms with Crippen LogP contribution < -0.4 is 0 Å². The highest BCUT2D eigenvalue weighted by Gasteiger charge is 2.12. The van der Waals surface area contributed by atoms with Gasteiger partial charge >= 0.3 is 0 Å². The molecule has 2 aromatic heterocycles. The van der Waals surface area contributed by atoms with Gasteiger partial charge in [-0.25, -0.2) is 4.98 Å². The predicted molar refractivity (Wildman–Crippen MR) is 62.2 cm³/mol. The van der Waals surface area contributed by atoms with Crippen molar-refractivity contribution in [3.63, 3.8) is 0 Å². The number of nitrogens with zero attached hydrogens (tertiary/aromatic N) is 5. The largest absolute Gasteiger partial charge is 0.343 e. The standard InChI is InChI=1S/C10H10ClN5O/c1-15(2)10(17)7-5-16(6-12-7)9-4-3-8(11)13-14-9/h3-6H,1-2H3. The van der Waals surface area contributed by atoms with E-state index in [1.807, 2.05) is 0 Å². The van der Waals surface area contributed by atoms with Crippen molar-refractivity contribution in [3.05, 3.63) is 35.5 Å². The molecule has 0 radical (unpaired) electrons. The third-order valence-corrected chi connectivity index (χ3v) is 2.29. The molecular formula is C10H10ClN5O. The van der Waals surface area contributed by atoms with Gasteiger partial charge in [0.2, 0.25) is 0 Å². The molecule has 2 heterocycles. The van der Waals surface area contributed by atoms with Gasteiger partial charge in [0, 0.05) is 20.3 Å². The molecule has 0 aliphatic carbocycles. The minimum Gasteiger partial charge on any atom is -0.343 e. The number of rotatable bonds is 2. The Morgan fingerprint density at radius 3 is 2.71 bits per heavy atom. The molecule has 17 heavy (non-hydrogen) atoms. The first-order chi connectivity index (χ1) is 8.08. The predicted octanol–water partition coefficient (Wildman–Crippen LogP) is 1.02. The summed E-state index contributed by atoms with van der Waals surface area (Å²) in [6.07, 6.45) is 3.11. The molecule has 0 unspecified atom stereocenters. The van der Waals surface area contributed by atoms with Gasteiger partial charge < -0.3 is 4.90 Å². The van der Waals surface area contributed by atoms with E-state index in [0.29, 0.717) is 16.7 Å². The second-order valence-corrected chi connectivity index (χ2v) is 3.97. The van der Waals surface area contributed by atoms with Crippen LogP contribution in [0, 0.1) is 0 Å². The summed E-state index contributed by atoms with van der Waals surface area (Å²) in [7, 11) is 3.34. The van der Waals surface area contributed by atoms with E-state index < -0.39 is 0 Å². The molecule has 0 saturated heterocycles. The van der Waals surface area contributed by atoms with Gasteiger partial charge in [0.1, 0.15) is 12.0 Å². The van der Waals surface area contributed by atoms with Gasteiger partial charge in [-0.2, -0.15) is 0 Å². The Morgan fingerprint density at radius 1 is 1.35 bits per heavy atom. The zero-order chi connectivity index (χ0) is 12.4. The maximum absolute atomic E-state index is 11.6. The van der Waals surface area contributed by atoms with Crippen molar-refractivity contribution in [1.29, 1.82) is 0 Å². The Labute approximate surface area is 103 Å². The number of hydrogen-bond acceptors (Lipinski definition) is 4. The first-order valence-electron chi connectivity index (χ1n) is 4.83. The van der Waals surface area contributed by atoms with Gasteiger partial charge in [-0.3, -0.25) is 9.36 Å². The Morgan fingerprint density at radius 2 is 2.12 bits per heavy atom. The van der Waals surface area contributed by atoms with E-state index in [9.17, 15) is 4.79 Å². The third kappa shape index (κ3) is 2.42. The molecule has 6 nitrogen and oxygen atoms in total. The van der Waals surface area contributed by atoms with Gasteiger partial charge in [-0.1, -0.05) is 11.6 Å². The summed E-state index contributed by atoms with van der Waals surface area (Å²) in [5, 5.41) is 7.92. The number of halogens is 1. The lowest BCUT2D eigenvalue weighted by molar-refractivity contribution is 0.0822. The fourth-order valence-electron chi connectivity index (χ4n) is 1.23. The van der Waals surface area contributed by atoms with Crippen LogP contribution in [0.5, 0.6) is 0 Å². The lowest BCUT2D eigenvalue weighted by Crippen LogP contribution is -2.21. The fraction of sp³-hybridized carbons (Fsp3) is 0.200. The Bertz CT molecular complexity index is 534. The number of imidazole rings is 1. The summed E-state index contributed by atoms with van der Waals surface area (Å²) in [5.41, 5.74) is 0.353. The Balaban J connectivity index is 2.30. The first kappa shape index (κ1) is 11.5. The highest BCUT2D eigenvalue weighted by Crippen LogP contribution is 2.08. The van der Waals surface area contributed by atoms with E-state index in [1.54, 1.807) is 37.0 Å². The summed E-state index contributed by atoms with van der Waals surface area (Å²) in [6.45, 7) is 0. The topological polar surface area (TPSA) is 63.9 Å². The van der Waals surface area contributed by atoms with Crippen LogP contribution in [-0.4, -0.2) is 44.7 Å². The molecule has 0 saturated carbocycles. The van der Waals surface area contributed by atoms with E-state index in [-0.39, 0.29) is 5.91 Å².